The molecule has 3 unspecified atom stereocenters. The third-order valence-electron chi connectivity index (χ3n) is 3.43. The molecule has 0 aliphatic carbocycles. The highest BCUT2D eigenvalue weighted by molar-refractivity contribution is 7.87. The quantitative estimate of drug-likeness (QED) is 0.709. The third kappa shape index (κ3) is 2.40. The SMILES string of the molecule is CCOS(=O)(=O)C1CNCC1C1CCOC1. The normalized spacial score (nSPS) is 35.7. The fourth-order valence-electron chi connectivity index (χ4n) is 2.60. The second kappa shape index (κ2) is 5.00. The molecule has 0 bridgehead atoms. The van der Waals surface area contributed by atoms with Crippen molar-refractivity contribution in [2.45, 2.75) is 18.6 Å². The molecule has 0 amide bonds. The first-order chi connectivity index (χ1) is 7.65. The molecule has 5 nitrogen and oxygen atoms in total. The van der Waals surface area contributed by atoms with E-state index >= 15 is 0 Å². The van der Waals surface area contributed by atoms with Gasteiger partial charge in [0.2, 0.25) is 0 Å². The van der Waals surface area contributed by atoms with E-state index < -0.39 is 15.4 Å². The van der Waals surface area contributed by atoms with Crippen molar-refractivity contribution >= 4 is 10.1 Å². The maximum Gasteiger partial charge on any atom is 0.271 e. The molecular formula is C10H19NO4S. The molecule has 2 heterocycles. The van der Waals surface area contributed by atoms with E-state index in [-0.39, 0.29) is 12.5 Å². The van der Waals surface area contributed by atoms with Gasteiger partial charge in [-0.05, 0) is 31.7 Å². The second-order valence-corrected chi connectivity index (χ2v) is 6.21. The van der Waals surface area contributed by atoms with Crippen LogP contribution in [0.5, 0.6) is 0 Å². The average Bonchev–Trinajstić information content (AvgIpc) is 2.88. The number of hydrogen-bond donors (Lipinski definition) is 1. The second-order valence-electron chi connectivity index (χ2n) is 4.38. The minimum atomic E-state index is -3.41. The third-order valence-corrected chi connectivity index (χ3v) is 5.25. The highest BCUT2D eigenvalue weighted by atomic mass is 32.2. The summed E-state index contributed by atoms with van der Waals surface area (Å²) in [7, 11) is -3.41. The van der Waals surface area contributed by atoms with E-state index in [1.165, 1.54) is 0 Å². The summed E-state index contributed by atoms with van der Waals surface area (Å²) >= 11 is 0. The van der Waals surface area contributed by atoms with E-state index in [4.69, 9.17) is 8.92 Å². The van der Waals surface area contributed by atoms with Gasteiger partial charge in [-0.1, -0.05) is 0 Å². The van der Waals surface area contributed by atoms with Crippen LogP contribution in [0.3, 0.4) is 0 Å². The Balaban J connectivity index is 2.08. The van der Waals surface area contributed by atoms with Crippen molar-refractivity contribution in [2.75, 3.05) is 32.9 Å². The molecular weight excluding hydrogens is 230 g/mol. The molecule has 2 aliphatic heterocycles. The van der Waals surface area contributed by atoms with Crippen molar-refractivity contribution in [2.24, 2.45) is 11.8 Å². The summed E-state index contributed by atoms with van der Waals surface area (Å²) in [5.41, 5.74) is 0. The fraction of sp³-hybridized carbons (Fsp3) is 1.00. The lowest BCUT2D eigenvalue weighted by Gasteiger charge is -2.22. The van der Waals surface area contributed by atoms with Gasteiger partial charge in [-0.3, -0.25) is 4.18 Å². The van der Waals surface area contributed by atoms with Crippen molar-refractivity contribution in [3.05, 3.63) is 0 Å². The Bertz CT molecular complexity index is 324. The maximum absolute atomic E-state index is 11.9. The molecule has 1 N–H and O–H groups in total. The summed E-state index contributed by atoms with van der Waals surface area (Å²) in [5.74, 6) is 0.495. The van der Waals surface area contributed by atoms with Crippen LogP contribution in [-0.2, 0) is 19.0 Å². The number of rotatable bonds is 4. The summed E-state index contributed by atoms with van der Waals surface area (Å²) in [4.78, 5) is 0. The summed E-state index contributed by atoms with van der Waals surface area (Å²) in [6.07, 6.45) is 0.963. The molecule has 3 atom stereocenters. The van der Waals surface area contributed by atoms with Crippen molar-refractivity contribution in [3.8, 4) is 0 Å². The zero-order valence-electron chi connectivity index (χ0n) is 9.52. The van der Waals surface area contributed by atoms with Crippen molar-refractivity contribution in [1.29, 1.82) is 0 Å². The van der Waals surface area contributed by atoms with Gasteiger partial charge >= 0.3 is 0 Å². The molecule has 2 aliphatic rings. The zero-order chi connectivity index (χ0) is 11.6. The van der Waals surface area contributed by atoms with Gasteiger partial charge in [-0.15, -0.1) is 0 Å². The predicted molar refractivity (Wildman–Crippen MR) is 59.6 cm³/mol. The first kappa shape index (κ1) is 12.3. The summed E-state index contributed by atoms with van der Waals surface area (Å²) in [6, 6.07) is 0. The number of nitrogens with one attached hydrogen (secondary N) is 1. The Morgan fingerprint density at radius 3 is 2.88 bits per heavy atom. The Labute approximate surface area is 96.6 Å². The van der Waals surface area contributed by atoms with Crippen LogP contribution < -0.4 is 5.32 Å². The minimum absolute atomic E-state index is 0.138. The summed E-state index contributed by atoms with van der Waals surface area (Å²) < 4.78 is 34.0. The molecule has 6 heteroatoms. The average molecular weight is 249 g/mol. The van der Waals surface area contributed by atoms with E-state index in [1.807, 2.05) is 0 Å². The molecule has 94 valence electrons. The molecule has 2 rings (SSSR count). The van der Waals surface area contributed by atoms with Crippen LogP contribution in [0.15, 0.2) is 0 Å². The van der Waals surface area contributed by atoms with Crippen LogP contribution >= 0.6 is 0 Å². The van der Waals surface area contributed by atoms with Crippen LogP contribution in [-0.4, -0.2) is 46.6 Å². The van der Waals surface area contributed by atoms with Gasteiger partial charge in [0, 0.05) is 19.8 Å². The molecule has 0 radical (unpaired) electrons. The van der Waals surface area contributed by atoms with Crippen molar-refractivity contribution < 1.29 is 17.3 Å². The van der Waals surface area contributed by atoms with Gasteiger partial charge in [0.1, 0.15) is 5.25 Å². The standard InChI is InChI=1S/C10H19NO4S/c1-2-15-16(12,13)10-6-11-5-9(10)8-3-4-14-7-8/h8-11H,2-7H2,1H3. The van der Waals surface area contributed by atoms with E-state index in [9.17, 15) is 8.42 Å². The molecule has 2 saturated heterocycles. The van der Waals surface area contributed by atoms with Gasteiger partial charge in [0.15, 0.2) is 0 Å². The van der Waals surface area contributed by atoms with E-state index in [2.05, 4.69) is 5.32 Å². The minimum Gasteiger partial charge on any atom is -0.381 e. The fourth-order valence-corrected chi connectivity index (χ4v) is 4.18. The molecule has 2 fully saturated rings. The molecule has 0 aromatic rings. The molecule has 0 aromatic heterocycles. The Morgan fingerprint density at radius 1 is 1.44 bits per heavy atom. The van der Waals surface area contributed by atoms with E-state index in [0.29, 0.717) is 19.1 Å². The van der Waals surface area contributed by atoms with Crippen LogP contribution in [0.2, 0.25) is 0 Å². The van der Waals surface area contributed by atoms with Crippen LogP contribution in [0, 0.1) is 11.8 Å². The molecule has 16 heavy (non-hydrogen) atoms. The number of hydrogen-bond acceptors (Lipinski definition) is 5. The lowest BCUT2D eigenvalue weighted by molar-refractivity contribution is 0.174. The van der Waals surface area contributed by atoms with Crippen LogP contribution in [0.4, 0.5) is 0 Å². The van der Waals surface area contributed by atoms with Gasteiger partial charge in [0.25, 0.3) is 10.1 Å². The first-order valence-corrected chi connectivity index (χ1v) is 7.29. The highest BCUT2D eigenvalue weighted by Crippen LogP contribution is 2.31. The largest absolute Gasteiger partial charge is 0.381 e. The first-order valence-electron chi connectivity index (χ1n) is 5.82. The smallest absolute Gasteiger partial charge is 0.271 e. The monoisotopic (exact) mass is 249 g/mol. The summed E-state index contributed by atoms with van der Waals surface area (Å²) in [5, 5.41) is 2.75. The zero-order valence-corrected chi connectivity index (χ0v) is 10.3. The van der Waals surface area contributed by atoms with Crippen molar-refractivity contribution in [1.82, 2.24) is 5.32 Å². The lowest BCUT2D eigenvalue weighted by Crippen LogP contribution is -2.35. The Hall–Kier alpha value is -0.170. The van der Waals surface area contributed by atoms with Crippen LogP contribution in [0.25, 0.3) is 0 Å². The maximum atomic E-state index is 11.9. The number of ether oxygens (including phenoxy) is 1. The predicted octanol–water partition coefficient (Wildman–Crippen LogP) is -0.0228. The van der Waals surface area contributed by atoms with Gasteiger partial charge in [-0.25, -0.2) is 0 Å². The summed E-state index contributed by atoms with van der Waals surface area (Å²) in [6.45, 7) is 4.61. The Kier molecular flexibility index (Phi) is 3.84. The Morgan fingerprint density at radius 2 is 2.25 bits per heavy atom. The highest BCUT2D eigenvalue weighted by Gasteiger charge is 2.43. The van der Waals surface area contributed by atoms with Crippen molar-refractivity contribution in [3.63, 3.8) is 0 Å². The van der Waals surface area contributed by atoms with Crippen LogP contribution in [0.1, 0.15) is 13.3 Å². The molecule has 0 aromatic carbocycles. The van der Waals surface area contributed by atoms with E-state index in [0.717, 1.165) is 19.6 Å². The van der Waals surface area contributed by atoms with Gasteiger partial charge < -0.3 is 10.1 Å². The topological polar surface area (TPSA) is 64.6 Å². The van der Waals surface area contributed by atoms with E-state index in [1.54, 1.807) is 6.92 Å². The molecule has 0 spiro atoms. The lowest BCUT2D eigenvalue weighted by atomic mass is 9.91. The van der Waals surface area contributed by atoms with Gasteiger partial charge in [0.05, 0.1) is 6.61 Å². The van der Waals surface area contributed by atoms with Gasteiger partial charge in [-0.2, -0.15) is 8.42 Å². The molecule has 0 saturated carbocycles.